The number of nitrogens with zero attached hydrogens (tertiary/aromatic N) is 2. The van der Waals surface area contributed by atoms with Crippen LogP contribution in [-0.2, 0) is 4.79 Å². The standard InChI is InChI=1S/C23H21N3O2S/c1-3-12-28-21-7-5-4-6-18(21)13-19(14-24)22(27)26-23-25-20(15-29-23)17-10-8-16(2)9-11-17/h4-11,13,15H,3,12H2,1-2H3,(H,25,26,27)/b19-13+. The van der Waals surface area contributed by atoms with Gasteiger partial charge in [-0.1, -0.05) is 55.0 Å². The Kier molecular flexibility index (Phi) is 6.77. The van der Waals surface area contributed by atoms with E-state index in [0.717, 1.165) is 17.7 Å². The highest BCUT2D eigenvalue weighted by Gasteiger charge is 2.14. The molecule has 0 saturated heterocycles. The molecule has 1 N–H and O–H groups in total. The molecule has 0 bridgehead atoms. The summed E-state index contributed by atoms with van der Waals surface area (Å²) in [4.78, 5) is 17.0. The van der Waals surface area contributed by atoms with Crippen LogP contribution in [0.1, 0.15) is 24.5 Å². The van der Waals surface area contributed by atoms with Crippen molar-refractivity contribution >= 4 is 28.5 Å². The van der Waals surface area contributed by atoms with Crippen LogP contribution in [0.5, 0.6) is 5.75 Å². The van der Waals surface area contributed by atoms with E-state index in [9.17, 15) is 10.1 Å². The van der Waals surface area contributed by atoms with Crippen LogP contribution in [0.2, 0.25) is 0 Å². The van der Waals surface area contributed by atoms with Gasteiger partial charge in [0.1, 0.15) is 17.4 Å². The minimum Gasteiger partial charge on any atom is -0.493 e. The zero-order chi connectivity index (χ0) is 20.6. The second-order valence-electron chi connectivity index (χ2n) is 6.41. The van der Waals surface area contributed by atoms with E-state index in [1.54, 1.807) is 0 Å². The number of hydrogen-bond acceptors (Lipinski definition) is 5. The van der Waals surface area contributed by atoms with E-state index in [4.69, 9.17) is 4.74 Å². The summed E-state index contributed by atoms with van der Waals surface area (Å²) in [6.45, 7) is 4.61. The number of carbonyl (C=O) groups is 1. The van der Waals surface area contributed by atoms with Gasteiger partial charge in [-0.05, 0) is 25.5 Å². The maximum atomic E-state index is 12.6. The van der Waals surface area contributed by atoms with Crippen molar-refractivity contribution in [3.8, 4) is 23.1 Å². The first-order chi connectivity index (χ1) is 14.1. The van der Waals surface area contributed by atoms with Crippen LogP contribution in [0.3, 0.4) is 0 Å². The normalized spacial score (nSPS) is 11.0. The number of hydrogen-bond donors (Lipinski definition) is 1. The van der Waals surface area contributed by atoms with E-state index in [0.29, 0.717) is 23.1 Å². The summed E-state index contributed by atoms with van der Waals surface area (Å²) in [7, 11) is 0. The van der Waals surface area contributed by atoms with E-state index in [1.807, 2.05) is 73.8 Å². The number of aromatic nitrogens is 1. The second-order valence-corrected chi connectivity index (χ2v) is 7.27. The number of nitrogens with one attached hydrogen (secondary N) is 1. The fraction of sp³-hybridized carbons (Fsp3) is 0.174. The van der Waals surface area contributed by atoms with Crippen LogP contribution in [0.15, 0.2) is 59.5 Å². The first kappa shape index (κ1) is 20.3. The molecular formula is C23H21N3O2S. The number of anilines is 1. The molecule has 0 saturated carbocycles. The van der Waals surface area contributed by atoms with Crippen molar-refractivity contribution in [3.63, 3.8) is 0 Å². The molecule has 1 aromatic heterocycles. The molecule has 6 heteroatoms. The van der Waals surface area contributed by atoms with Crippen molar-refractivity contribution in [2.24, 2.45) is 0 Å². The Morgan fingerprint density at radius 1 is 1.24 bits per heavy atom. The second kappa shape index (κ2) is 9.67. The van der Waals surface area contributed by atoms with Crippen molar-refractivity contribution in [1.82, 2.24) is 4.98 Å². The number of carbonyl (C=O) groups excluding carboxylic acids is 1. The predicted molar refractivity (Wildman–Crippen MR) is 117 cm³/mol. The highest BCUT2D eigenvalue weighted by molar-refractivity contribution is 7.14. The number of aryl methyl sites for hydroxylation is 1. The van der Waals surface area contributed by atoms with Crippen LogP contribution < -0.4 is 10.1 Å². The largest absolute Gasteiger partial charge is 0.493 e. The summed E-state index contributed by atoms with van der Waals surface area (Å²) in [5, 5.41) is 14.5. The van der Waals surface area contributed by atoms with Crippen LogP contribution in [-0.4, -0.2) is 17.5 Å². The van der Waals surface area contributed by atoms with Gasteiger partial charge in [0.15, 0.2) is 5.13 Å². The quantitative estimate of drug-likeness (QED) is 0.420. The number of para-hydroxylation sites is 1. The molecule has 0 radical (unpaired) electrons. The summed E-state index contributed by atoms with van der Waals surface area (Å²) in [6, 6.07) is 17.3. The fourth-order valence-electron chi connectivity index (χ4n) is 2.60. The van der Waals surface area contributed by atoms with E-state index in [2.05, 4.69) is 10.3 Å². The minimum absolute atomic E-state index is 0.00960. The third kappa shape index (κ3) is 5.31. The molecule has 0 spiro atoms. The lowest BCUT2D eigenvalue weighted by molar-refractivity contribution is -0.112. The van der Waals surface area contributed by atoms with Gasteiger partial charge in [-0.3, -0.25) is 10.1 Å². The monoisotopic (exact) mass is 403 g/mol. The van der Waals surface area contributed by atoms with Gasteiger partial charge in [-0.25, -0.2) is 4.98 Å². The molecule has 0 aliphatic rings. The Balaban J connectivity index is 1.77. The van der Waals surface area contributed by atoms with Gasteiger partial charge in [0, 0.05) is 16.5 Å². The summed E-state index contributed by atoms with van der Waals surface area (Å²) < 4.78 is 5.69. The minimum atomic E-state index is -0.498. The molecule has 3 rings (SSSR count). The number of ether oxygens (including phenoxy) is 1. The lowest BCUT2D eigenvalue weighted by Crippen LogP contribution is -2.13. The average Bonchev–Trinajstić information content (AvgIpc) is 3.20. The van der Waals surface area contributed by atoms with Crippen molar-refractivity contribution in [1.29, 1.82) is 5.26 Å². The number of rotatable bonds is 7. The van der Waals surface area contributed by atoms with Gasteiger partial charge < -0.3 is 4.74 Å². The van der Waals surface area contributed by atoms with E-state index >= 15 is 0 Å². The summed E-state index contributed by atoms with van der Waals surface area (Å²) in [5.41, 5.74) is 3.61. The maximum Gasteiger partial charge on any atom is 0.268 e. The van der Waals surface area contributed by atoms with Gasteiger partial charge in [0.25, 0.3) is 5.91 Å². The Labute approximate surface area is 174 Å². The molecule has 1 heterocycles. The molecule has 0 aliphatic heterocycles. The number of thiazole rings is 1. The van der Waals surface area contributed by atoms with Crippen LogP contribution in [0.25, 0.3) is 17.3 Å². The Morgan fingerprint density at radius 3 is 2.72 bits per heavy atom. The molecule has 0 atom stereocenters. The fourth-order valence-corrected chi connectivity index (χ4v) is 3.31. The van der Waals surface area contributed by atoms with Gasteiger partial charge in [0.2, 0.25) is 0 Å². The number of nitriles is 1. The van der Waals surface area contributed by atoms with Crippen LogP contribution >= 0.6 is 11.3 Å². The molecule has 1 amide bonds. The molecule has 29 heavy (non-hydrogen) atoms. The Bertz CT molecular complexity index is 1060. The average molecular weight is 404 g/mol. The molecular weight excluding hydrogens is 382 g/mol. The lowest BCUT2D eigenvalue weighted by atomic mass is 10.1. The first-order valence-electron chi connectivity index (χ1n) is 9.28. The smallest absolute Gasteiger partial charge is 0.268 e. The third-order valence-corrected chi connectivity index (χ3v) is 4.88. The Morgan fingerprint density at radius 2 is 2.00 bits per heavy atom. The van der Waals surface area contributed by atoms with Crippen molar-refractivity contribution in [2.45, 2.75) is 20.3 Å². The predicted octanol–water partition coefficient (Wildman–Crippen LogP) is 5.45. The van der Waals surface area contributed by atoms with E-state index in [1.165, 1.54) is 23.0 Å². The van der Waals surface area contributed by atoms with Gasteiger partial charge >= 0.3 is 0 Å². The highest BCUT2D eigenvalue weighted by Crippen LogP contribution is 2.26. The summed E-state index contributed by atoms with van der Waals surface area (Å²) in [6.07, 6.45) is 2.41. The Hall–Kier alpha value is -3.43. The van der Waals surface area contributed by atoms with Crippen LogP contribution in [0.4, 0.5) is 5.13 Å². The molecule has 2 aromatic carbocycles. The molecule has 0 unspecified atom stereocenters. The van der Waals surface area contributed by atoms with E-state index < -0.39 is 5.91 Å². The van der Waals surface area contributed by atoms with Crippen molar-refractivity contribution < 1.29 is 9.53 Å². The van der Waals surface area contributed by atoms with E-state index in [-0.39, 0.29) is 5.57 Å². The summed E-state index contributed by atoms with van der Waals surface area (Å²) >= 11 is 1.32. The van der Waals surface area contributed by atoms with Crippen LogP contribution in [0, 0.1) is 18.3 Å². The maximum absolute atomic E-state index is 12.6. The lowest BCUT2D eigenvalue weighted by Gasteiger charge is -2.08. The van der Waals surface area contributed by atoms with Crippen molar-refractivity contribution in [2.75, 3.05) is 11.9 Å². The van der Waals surface area contributed by atoms with Gasteiger partial charge in [0.05, 0.1) is 12.3 Å². The molecule has 3 aromatic rings. The zero-order valence-corrected chi connectivity index (χ0v) is 17.1. The highest BCUT2D eigenvalue weighted by atomic mass is 32.1. The molecule has 0 fully saturated rings. The summed E-state index contributed by atoms with van der Waals surface area (Å²) in [5.74, 6) is 0.147. The van der Waals surface area contributed by atoms with Gasteiger partial charge in [-0.2, -0.15) is 5.26 Å². The molecule has 5 nitrogen and oxygen atoms in total. The molecule has 146 valence electrons. The number of benzene rings is 2. The number of amides is 1. The SMILES string of the molecule is CCCOc1ccccc1/C=C(\C#N)C(=O)Nc1nc(-c2ccc(C)cc2)cs1. The third-order valence-electron chi connectivity index (χ3n) is 4.12. The topological polar surface area (TPSA) is 75.0 Å². The molecule has 0 aliphatic carbocycles. The van der Waals surface area contributed by atoms with Gasteiger partial charge in [-0.15, -0.1) is 11.3 Å². The first-order valence-corrected chi connectivity index (χ1v) is 10.2. The zero-order valence-electron chi connectivity index (χ0n) is 16.3. The van der Waals surface area contributed by atoms with Crippen molar-refractivity contribution in [3.05, 3.63) is 70.6 Å².